The topological polar surface area (TPSA) is 81.9 Å². The molecule has 2 aromatic carbocycles. The number of aliphatic imine (C=N–C) groups is 3. The summed E-state index contributed by atoms with van der Waals surface area (Å²) in [6, 6.07) is 13.4. The van der Waals surface area contributed by atoms with Crippen LogP contribution in [0.3, 0.4) is 0 Å². The van der Waals surface area contributed by atoms with Crippen molar-refractivity contribution in [2.75, 3.05) is 11.9 Å². The number of benzene rings is 2. The molecule has 3 heterocycles. The van der Waals surface area contributed by atoms with Crippen molar-refractivity contribution in [3.05, 3.63) is 64.4 Å². The maximum atomic E-state index is 12.7. The number of amidine groups is 2. The molecule has 1 saturated heterocycles. The molecule has 1 aliphatic heterocycles. The van der Waals surface area contributed by atoms with Crippen LogP contribution in [0.1, 0.15) is 0 Å². The molecule has 0 amide bonds. The van der Waals surface area contributed by atoms with Crippen LogP contribution < -0.4 is 4.90 Å². The van der Waals surface area contributed by atoms with E-state index in [1.54, 1.807) is 11.3 Å². The molecule has 0 aliphatic carbocycles. The fourth-order valence-electron chi connectivity index (χ4n) is 3.14. The number of halogens is 7. The zero-order chi connectivity index (χ0) is 27.5. The number of thiazole rings is 1. The van der Waals surface area contributed by atoms with Gasteiger partial charge in [0.25, 0.3) is 0 Å². The number of hydrogen-bond acceptors (Lipinski definition) is 7. The molecular weight excluding hydrogens is 576 g/mol. The standard InChI is InChI=1S/C12H7ClF6N4S.C10H7N3S/c1-20-10-23(7-4-2-6(13)3-5-7)8(21-11(14,15)16)9(24-10)22-12(17,18)19;1-2-4-8-7(3-1)12-10(13-8)9-5-14-6-11-9/h2-5H,1H3;1-6H,(H,12,13). The number of anilines is 1. The van der Waals surface area contributed by atoms with Crippen molar-refractivity contribution in [2.24, 2.45) is 15.0 Å². The molecule has 0 spiro atoms. The van der Waals surface area contributed by atoms with Crippen molar-refractivity contribution < 1.29 is 26.3 Å². The molecular formula is C22H14ClF6N7S2. The zero-order valence-corrected chi connectivity index (χ0v) is 21.3. The first-order chi connectivity index (χ1) is 17.9. The second-order valence-corrected chi connectivity index (χ2v) is 9.30. The first-order valence-electron chi connectivity index (χ1n) is 10.3. The molecule has 0 atom stereocenters. The average Bonchev–Trinajstić information content (AvgIpc) is 3.57. The van der Waals surface area contributed by atoms with Gasteiger partial charge in [-0.3, -0.25) is 9.89 Å². The fourth-order valence-corrected chi connectivity index (χ4v) is 4.73. The van der Waals surface area contributed by atoms with E-state index in [1.165, 1.54) is 31.3 Å². The minimum atomic E-state index is -5.09. The Kier molecular flexibility index (Phi) is 8.08. The van der Waals surface area contributed by atoms with Gasteiger partial charge in [-0.15, -0.1) is 37.7 Å². The number of alkyl halides is 6. The van der Waals surface area contributed by atoms with Crippen LogP contribution in [0.25, 0.3) is 22.6 Å². The molecule has 38 heavy (non-hydrogen) atoms. The van der Waals surface area contributed by atoms with Crippen LogP contribution in [0.5, 0.6) is 0 Å². The summed E-state index contributed by atoms with van der Waals surface area (Å²) in [7, 11) is 1.23. The second kappa shape index (κ2) is 11.1. The van der Waals surface area contributed by atoms with Gasteiger partial charge in [0.15, 0.2) is 21.9 Å². The highest BCUT2D eigenvalue weighted by Crippen LogP contribution is 2.34. The van der Waals surface area contributed by atoms with Crippen LogP contribution in [-0.4, -0.2) is 50.6 Å². The van der Waals surface area contributed by atoms with Gasteiger partial charge in [0.1, 0.15) is 5.69 Å². The molecule has 0 unspecified atom stereocenters. The van der Waals surface area contributed by atoms with Gasteiger partial charge in [0.05, 0.1) is 16.5 Å². The largest absolute Gasteiger partial charge is 0.505 e. The first kappa shape index (κ1) is 27.6. The highest BCUT2D eigenvalue weighted by molar-refractivity contribution is 8.29. The van der Waals surface area contributed by atoms with Gasteiger partial charge in [-0.05, 0) is 48.2 Å². The minimum Gasteiger partial charge on any atom is -0.337 e. The molecule has 1 fully saturated rings. The van der Waals surface area contributed by atoms with Crippen LogP contribution in [0.4, 0.5) is 32.0 Å². The first-order valence-corrected chi connectivity index (χ1v) is 12.4. The van der Waals surface area contributed by atoms with E-state index in [9.17, 15) is 26.3 Å². The number of rotatable bonds is 2. The van der Waals surface area contributed by atoms with Gasteiger partial charge in [0, 0.05) is 23.1 Å². The average molecular weight is 590 g/mol. The molecule has 1 N–H and O–H groups in total. The van der Waals surface area contributed by atoms with E-state index in [0.717, 1.165) is 27.5 Å². The molecule has 16 heteroatoms. The van der Waals surface area contributed by atoms with E-state index in [-0.39, 0.29) is 10.9 Å². The van der Waals surface area contributed by atoms with Crippen LogP contribution in [0.2, 0.25) is 5.02 Å². The van der Waals surface area contributed by atoms with Gasteiger partial charge in [-0.1, -0.05) is 23.7 Å². The summed E-state index contributed by atoms with van der Waals surface area (Å²) >= 11 is 7.62. The fraction of sp³-hybridized carbons (Fsp3) is 0.136. The van der Waals surface area contributed by atoms with Crippen molar-refractivity contribution in [3.8, 4) is 11.5 Å². The maximum absolute atomic E-state index is 12.7. The Labute approximate surface area is 224 Å². The van der Waals surface area contributed by atoms with Gasteiger partial charge in [-0.25, -0.2) is 9.97 Å². The van der Waals surface area contributed by atoms with E-state index in [2.05, 4.69) is 29.9 Å². The number of imidazole rings is 1. The highest BCUT2D eigenvalue weighted by Gasteiger charge is 2.41. The Bertz CT molecular complexity index is 1460. The van der Waals surface area contributed by atoms with E-state index < -0.39 is 23.5 Å². The van der Waals surface area contributed by atoms with Gasteiger partial charge < -0.3 is 4.98 Å². The number of thioether (sulfide) groups is 1. The minimum absolute atomic E-state index is 0.114. The smallest absolute Gasteiger partial charge is 0.337 e. The van der Waals surface area contributed by atoms with Gasteiger partial charge in [0.2, 0.25) is 0 Å². The van der Waals surface area contributed by atoms with Crippen molar-refractivity contribution in [2.45, 2.75) is 12.6 Å². The Morgan fingerprint density at radius 3 is 2.21 bits per heavy atom. The van der Waals surface area contributed by atoms with Crippen LogP contribution in [-0.2, 0) is 0 Å². The van der Waals surface area contributed by atoms with Crippen molar-refractivity contribution >= 4 is 67.5 Å². The lowest BCUT2D eigenvalue weighted by molar-refractivity contribution is -0.121. The van der Waals surface area contributed by atoms with E-state index in [4.69, 9.17) is 11.6 Å². The summed E-state index contributed by atoms with van der Waals surface area (Å²) in [5.41, 5.74) is 4.86. The van der Waals surface area contributed by atoms with Crippen LogP contribution >= 0.6 is 34.7 Å². The Balaban J connectivity index is 0.000000201. The van der Waals surface area contributed by atoms with Crippen molar-refractivity contribution in [1.82, 2.24) is 15.0 Å². The molecule has 4 aromatic rings. The molecule has 0 bridgehead atoms. The lowest BCUT2D eigenvalue weighted by Crippen LogP contribution is -2.33. The summed E-state index contributed by atoms with van der Waals surface area (Å²) in [5.74, 6) is -0.166. The van der Waals surface area contributed by atoms with E-state index in [0.29, 0.717) is 16.8 Å². The number of H-pyrrole nitrogens is 1. The van der Waals surface area contributed by atoms with E-state index in [1.807, 2.05) is 35.2 Å². The molecule has 198 valence electrons. The molecule has 2 aromatic heterocycles. The monoisotopic (exact) mass is 589 g/mol. The quantitative estimate of drug-likeness (QED) is 0.195. The number of aromatic nitrogens is 3. The third-order valence-electron chi connectivity index (χ3n) is 4.58. The number of hydrogen-bond donors (Lipinski definition) is 1. The normalized spacial score (nSPS) is 17.5. The molecule has 0 radical (unpaired) electrons. The second-order valence-electron chi connectivity index (χ2n) is 7.18. The van der Waals surface area contributed by atoms with Gasteiger partial charge >= 0.3 is 12.6 Å². The van der Waals surface area contributed by atoms with Crippen LogP contribution in [0.15, 0.2) is 74.4 Å². The molecule has 7 nitrogen and oxygen atoms in total. The number of fused-ring (bicyclic) bond motifs is 1. The highest BCUT2D eigenvalue weighted by atomic mass is 35.5. The summed E-state index contributed by atoms with van der Waals surface area (Å²) in [5, 5.41) is 1.20. The number of para-hydroxylation sites is 2. The molecule has 0 saturated carbocycles. The Morgan fingerprint density at radius 2 is 1.63 bits per heavy atom. The predicted octanol–water partition coefficient (Wildman–Crippen LogP) is 7.40. The van der Waals surface area contributed by atoms with Crippen molar-refractivity contribution in [1.29, 1.82) is 0 Å². The van der Waals surface area contributed by atoms with E-state index >= 15 is 0 Å². The third-order valence-corrected chi connectivity index (χ3v) is 6.44. The number of nitrogens with one attached hydrogen (secondary N) is 1. The third kappa shape index (κ3) is 6.90. The SMILES string of the molecule is CN=C1SC(=NC(F)(F)F)C(=NC(F)(F)F)N1c1ccc(Cl)cc1.c1ccc2[nH]c(-c3cscn3)nc2c1. The summed E-state index contributed by atoms with van der Waals surface area (Å²) in [6.07, 6.45) is -10.1. The Hall–Kier alpha value is -3.43. The maximum Gasteiger partial charge on any atom is 0.505 e. The lowest BCUT2D eigenvalue weighted by atomic mass is 10.3. The number of nitrogens with zero attached hydrogens (tertiary/aromatic N) is 6. The molecule has 1 aliphatic rings. The summed E-state index contributed by atoms with van der Waals surface area (Å²) < 4.78 is 75.6. The number of aromatic amines is 1. The van der Waals surface area contributed by atoms with Gasteiger partial charge in [-0.2, -0.15) is 9.98 Å². The van der Waals surface area contributed by atoms with Crippen LogP contribution in [0, 0.1) is 0 Å². The van der Waals surface area contributed by atoms with Crippen molar-refractivity contribution in [3.63, 3.8) is 0 Å². The predicted molar refractivity (Wildman–Crippen MR) is 139 cm³/mol. The Morgan fingerprint density at radius 1 is 0.947 bits per heavy atom. The lowest BCUT2D eigenvalue weighted by Gasteiger charge is -2.18. The molecule has 5 rings (SSSR count). The summed E-state index contributed by atoms with van der Waals surface area (Å²) in [4.78, 5) is 21.2. The zero-order valence-electron chi connectivity index (χ0n) is 18.9. The summed E-state index contributed by atoms with van der Waals surface area (Å²) in [6.45, 7) is 0.